The summed E-state index contributed by atoms with van der Waals surface area (Å²) in [6.45, 7) is 1.86. The van der Waals surface area contributed by atoms with Crippen molar-refractivity contribution in [2.45, 2.75) is 51.0 Å². The molecular formula is C20H24ClN3O3. The lowest BCUT2D eigenvalue weighted by molar-refractivity contribution is 0.0245. The second-order valence-electron chi connectivity index (χ2n) is 7.21. The maximum absolute atomic E-state index is 12.6. The van der Waals surface area contributed by atoms with Gasteiger partial charge in [0, 0.05) is 23.3 Å². The molecule has 1 fully saturated rings. The van der Waals surface area contributed by atoms with E-state index in [4.69, 9.17) is 11.6 Å². The molecule has 6 nitrogen and oxygen atoms in total. The van der Waals surface area contributed by atoms with Crippen LogP contribution in [0.1, 0.15) is 54.7 Å². The Morgan fingerprint density at radius 2 is 1.96 bits per heavy atom. The number of carbonyl (C=O) groups excluding carboxylic acids is 1. The zero-order chi connectivity index (χ0) is 19.4. The molecule has 3 rings (SSSR count). The maximum Gasteiger partial charge on any atom is 0.275 e. The van der Waals surface area contributed by atoms with Crippen molar-refractivity contribution in [2.24, 2.45) is 0 Å². The normalized spacial score (nSPS) is 16.6. The second kappa shape index (κ2) is 8.23. The van der Waals surface area contributed by atoms with Gasteiger partial charge in [-0.15, -0.1) is 0 Å². The van der Waals surface area contributed by atoms with E-state index in [0.717, 1.165) is 25.7 Å². The number of aryl methyl sites for hydroxylation is 1. The van der Waals surface area contributed by atoms with Crippen LogP contribution < -0.4 is 10.7 Å². The first-order valence-electron chi connectivity index (χ1n) is 9.25. The number of hydrogen-bond acceptors (Lipinski definition) is 4. The smallest absolute Gasteiger partial charge is 0.275 e. The Hall–Kier alpha value is -2.18. The summed E-state index contributed by atoms with van der Waals surface area (Å²) in [6.07, 6.45) is 5.39. The van der Waals surface area contributed by atoms with E-state index in [0.29, 0.717) is 29.2 Å². The Labute approximate surface area is 163 Å². The van der Waals surface area contributed by atoms with Crippen LogP contribution in [0.15, 0.2) is 35.1 Å². The summed E-state index contributed by atoms with van der Waals surface area (Å²) in [6, 6.07) is 8.40. The summed E-state index contributed by atoms with van der Waals surface area (Å²) >= 11 is 6.04. The fourth-order valence-corrected chi connectivity index (χ4v) is 3.65. The number of benzene rings is 1. The fourth-order valence-electron chi connectivity index (χ4n) is 3.47. The van der Waals surface area contributed by atoms with Gasteiger partial charge in [-0.3, -0.25) is 9.59 Å². The van der Waals surface area contributed by atoms with Crippen LogP contribution in [-0.4, -0.2) is 32.9 Å². The van der Waals surface area contributed by atoms with E-state index < -0.39 is 16.9 Å². The first-order valence-corrected chi connectivity index (χ1v) is 9.63. The van der Waals surface area contributed by atoms with E-state index in [1.807, 2.05) is 0 Å². The largest absolute Gasteiger partial charge is 0.388 e. The van der Waals surface area contributed by atoms with E-state index in [1.165, 1.54) is 10.7 Å². The van der Waals surface area contributed by atoms with Gasteiger partial charge in [0.15, 0.2) is 5.69 Å². The summed E-state index contributed by atoms with van der Waals surface area (Å²) in [4.78, 5) is 24.9. The molecule has 0 bridgehead atoms. The molecule has 0 aliphatic heterocycles. The van der Waals surface area contributed by atoms with Crippen LogP contribution in [-0.2, 0) is 0 Å². The van der Waals surface area contributed by atoms with Crippen LogP contribution >= 0.6 is 11.6 Å². The number of hydrogen-bond donors (Lipinski definition) is 2. The Bertz CT molecular complexity index is 886. The van der Waals surface area contributed by atoms with Gasteiger partial charge < -0.3 is 10.4 Å². The number of aliphatic hydroxyl groups is 1. The molecule has 0 radical (unpaired) electrons. The van der Waals surface area contributed by atoms with Crippen LogP contribution in [0, 0.1) is 6.92 Å². The highest BCUT2D eigenvalue weighted by Crippen LogP contribution is 2.26. The average molecular weight is 390 g/mol. The van der Waals surface area contributed by atoms with Gasteiger partial charge in [-0.05, 0) is 38.0 Å². The number of carbonyl (C=O) groups is 1. The molecule has 1 amide bonds. The number of aromatic nitrogens is 2. The van der Waals surface area contributed by atoms with Crippen molar-refractivity contribution < 1.29 is 9.90 Å². The first-order chi connectivity index (χ1) is 12.9. The minimum absolute atomic E-state index is 0.123. The third-order valence-electron chi connectivity index (χ3n) is 4.99. The highest BCUT2D eigenvalue weighted by atomic mass is 35.5. The minimum atomic E-state index is -0.914. The highest BCUT2D eigenvalue weighted by molar-refractivity contribution is 6.30. The summed E-state index contributed by atoms with van der Waals surface area (Å²) in [5, 5.41) is 18.2. The lowest BCUT2D eigenvalue weighted by Crippen LogP contribution is -2.44. The van der Waals surface area contributed by atoms with Crippen molar-refractivity contribution >= 4 is 17.5 Å². The highest BCUT2D eigenvalue weighted by Gasteiger charge is 2.29. The number of amides is 1. The van der Waals surface area contributed by atoms with Gasteiger partial charge in [0.05, 0.1) is 11.3 Å². The van der Waals surface area contributed by atoms with Gasteiger partial charge in [0.25, 0.3) is 5.91 Å². The third-order valence-corrected chi connectivity index (χ3v) is 5.22. The predicted molar refractivity (Wildman–Crippen MR) is 105 cm³/mol. The molecule has 2 aromatic rings. The average Bonchev–Trinajstić information content (AvgIpc) is 2.85. The molecule has 0 atom stereocenters. The van der Waals surface area contributed by atoms with Gasteiger partial charge in [0.2, 0.25) is 5.43 Å². The molecule has 1 aromatic carbocycles. The van der Waals surface area contributed by atoms with Gasteiger partial charge in [0.1, 0.15) is 0 Å². The zero-order valence-corrected chi connectivity index (χ0v) is 16.1. The SMILES string of the molecule is Cc1cc(=O)c(C(=O)NCC2(O)CCCCCC2)nn1-c1cccc(Cl)c1. The number of halogens is 1. The number of nitrogens with zero attached hydrogens (tertiary/aromatic N) is 2. The van der Waals surface area contributed by atoms with Crippen molar-refractivity contribution in [3.63, 3.8) is 0 Å². The zero-order valence-electron chi connectivity index (χ0n) is 15.4. The van der Waals surface area contributed by atoms with Crippen molar-refractivity contribution in [3.05, 3.63) is 57.0 Å². The van der Waals surface area contributed by atoms with Crippen LogP contribution in [0.4, 0.5) is 0 Å². The van der Waals surface area contributed by atoms with Gasteiger partial charge >= 0.3 is 0 Å². The van der Waals surface area contributed by atoms with Crippen molar-refractivity contribution in [3.8, 4) is 5.69 Å². The molecule has 1 aromatic heterocycles. The van der Waals surface area contributed by atoms with Crippen molar-refractivity contribution in [1.82, 2.24) is 15.1 Å². The quantitative estimate of drug-likeness (QED) is 0.787. The summed E-state index contributed by atoms with van der Waals surface area (Å²) in [7, 11) is 0. The molecule has 7 heteroatoms. The summed E-state index contributed by atoms with van der Waals surface area (Å²) in [5.41, 5.74) is -0.297. The van der Waals surface area contributed by atoms with E-state index >= 15 is 0 Å². The fraction of sp³-hybridized carbons (Fsp3) is 0.450. The summed E-state index contributed by atoms with van der Waals surface area (Å²) in [5.74, 6) is -0.576. The number of nitrogens with one attached hydrogen (secondary N) is 1. The molecule has 27 heavy (non-hydrogen) atoms. The van der Waals surface area contributed by atoms with Gasteiger partial charge in [-0.1, -0.05) is 43.4 Å². The Balaban J connectivity index is 1.82. The standard InChI is InChI=1S/C20H24ClN3O3/c1-14-11-17(25)18(23-24(14)16-8-6-7-15(21)12-16)19(26)22-13-20(27)9-4-2-3-5-10-20/h6-8,11-12,27H,2-5,9-10,13H2,1H3,(H,22,26). The molecule has 0 spiro atoms. The second-order valence-corrected chi connectivity index (χ2v) is 7.65. The van der Waals surface area contributed by atoms with Crippen molar-refractivity contribution in [2.75, 3.05) is 6.54 Å². The Morgan fingerprint density at radius 3 is 2.63 bits per heavy atom. The van der Waals surface area contributed by atoms with Crippen LogP contribution in [0.25, 0.3) is 5.69 Å². The summed E-state index contributed by atoms with van der Waals surface area (Å²) < 4.78 is 1.52. The third kappa shape index (κ3) is 4.76. The van der Waals surface area contributed by atoms with Crippen LogP contribution in [0.5, 0.6) is 0 Å². The molecule has 0 saturated heterocycles. The molecule has 2 N–H and O–H groups in total. The molecule has 1 aliphatic carbocycles. The molecule has 0 unspecified atom stereocenters. The van der Waals surface area contributed by atoms with Gasteiger partial charge in [-0.25, -0.2) is 4.68 Å². The lowest BCUT2D eigenvalue weighted by atomic mass is 9.94. The number of rotatable bonds is 4. The Kier molecular flexibility index (Phi) is 5.97. The van der Waals surface area contributed by atoms with E-state index in [-0.39, 0.29) is 12.2 Å². The Morgan fingerprint density at radius 1 is 1.26 bits per heavy atom. The lowest BCUT2D eigenvalue weighted by Gasteiger charge is -2.26. The van der Waals surface area contributed by atoms with E-state index in [1.54, 1.807) is 31.2 Å². The molecule has 1 saturated carbocycles. The monoisotopic (exact) mass is 389 g/mol. The molecule has 144 valence electrons. The predicted octanol–water partition coefficient (Wildman–Crippen LogP) is 3.01. The van der Waals surface area contributed by atoms with E-state index in [2.05, 4.69) is 10.4 Å². The molecule has 1 aliphatic rings. The van der Waals surface area contributed by atoms with Crippen molar-refractivity contribution in [1.29, 1.82) is 0 Å². The molecular weight excluding hydrogens is 366 g/mol. The molecule has 1 heterocycles. The first kappa shape index (κ1) is 19.6. The topological polar surface area (TPSA) is 84.2 Å². The maximum atomic E-state index is 12.6. The van der Waals surface area contributed by atoms with Gasteiger partial charge in [-0.2, -0.15) is 5.10 Å². The van der Waals surface area contributed by atoms with Crippen LogP contribution in [0.3, 0.4) is 0 Å². The minimum Gasteiger partial charge on any atom is -0.388 e. The van der Waals surface area contributed by atoms with Crippen LogP contribution in [0.2, 0.25) is 5.02 Å². The van der Waals surface area contributed by atoms with E-state index in [9.17, 15) is 14.7 Å².